The van der Waals surface area contributed by atoms with Gasteiger partial charge in [0.15, 0.2) is 5.82 Å². The van der Waals surface area contributed by atoms with Gasteiger partial charge in [-0.05, 0) is 85.8 Å². The highest BCUT2D eigenvalue weighted by molar-refractivity contribution is 5.96. The summed E-state index contributed by atoms with van der Waals surface area (Å²) in [5, 5.41) is 8.86. The zero-order chi connectivity index (χ0) is 26.5. The molecule has 0 radical (unpaired) electrons. The average Bonchev–Trinajstić information content (AvgIpc) is 3.80. The number of carbonyl (C=O) groups excluding carboxylic acids is 2. The van der Waals surface area contributed by atoms with Crippen LogP contribution < -0.4 is 9.64 Å². The molecule has 0 atom stereocenters. The molecule has 2 amide bonds. The molecule has 198 valence electrons. The van der Waals surface area contributed by atoms with Crippen molar-refractivity contribution >= 4 is 17.6 Å². The molecular formula is C29H32FN5O3. The van der Waals surface area contributed by atoms with Gasteiger partial charge in [0, 0.05) is 43.9 Å². The second-order valence-electron chi connectivity index (χ2n) is 9.86. The molecule has 1 saturated carbocycles. The molecule has 0 spiro atoms. The van der Waals surface area contributed by atoms with Crippen LogP contribution >= 0.6 is 0 Å². The van der Waals surface area contributed by atoms with Crippen molar-refractivity contribution in [3.8, 4) is 17.0 Å². The largest absolute Gasteiger partial charge is 0.497 e. The summed E-state index contributed by atoms with van der Waals surface area (Å²) in [4.78, 5) is 32.0. The van der Waals surface area contributed by atoms with Gasteiger partial charge >= 0.3 is 0 Å². The van der Waals surface area contributed by atoms with Gasteiger partial charge in [0.2, 0.25) is 5.91 Å². The Hall–Kier alpha value is -4.01. The predicted molar refractivity (Wildman–Crippen MR) is 142 cm³/mol. The van der Waals surface area contributed by atoms with Crippen molar-refractivity contribution in [1.82, 2.24) is 20.0 Å². The van der Waals surface area contributed by atoms with Crippen molar-refractivity contribution < 1.29 is 18.7 Å². The molecule has 1 aromatic heterocycles. The van der Waals surface area contributed by atoms with Crippen LogP contribution in [0, 0.1) is 11.7 Å². The highest BCUT2D eigenvalue weighted by Gasteiger charge is 2.30. The normalized spacial score (nSPS) is 15.6. The van der Waals surface area contributed by atoms with E-state index in [1.807, 2.05) is 41.3 Å². The van der Waals surface area contributed by atoms with Gasteiger partial charge in [0.25, 0.3) is 5.91 Å². The summed E-state index contributed by atoms with van der Waals surface area (Å²) in [7, 11) is 1.64. The quantitative estimate of drug-likeness (QED) is 0.451. The van der Waals surface area contributed by atoms with Crippen molar-refractivity contribution in [2.45, 2.75) is 19.3 Å². The molecule has 0 bridgehead atoms. The minimum Gasteiger partial charge on any atom is -0.497 e. The molecule has 0 unspecified atom stereocenters. The van der Waals surface area contributed by atoms with Crippen LogP contribution in [-0.4, -0.2) is 78.2 Å². The van der Waals surface area contributed by atoms with Crippen LogP contribution in [0.3, 0.4) is 0 Å². The maximum Gasteiger partial charge on any atom is 0.254 e. The lowest BCUT2D eigenvalue weighted by atomic mass is 10.1. The zero-order valence-corrected chi connectivity index (χ0v) is 21.6. The number of anilines is 1. The molecular weight excluding hydrogens is 485 g/mol. The summed E-state index contributed by atoms with van der Waals surface area (Å²) in [6, 6.07) is 17.1. The molecule has 1 aliphatic carbocycles. The Kier molecular flexibility index (Phi) is 7.81. The number of methoxy groups -OCH3 is 1. The van der Waals surface area contributed by atoms with Gasteiger partial charge in [-0.1, -0.05) is 0 Å². The van der Waals surface area contributed by atoms with Gasteiger partial charge in [-0.2, -0.15) is 0 Å². The Morgan fingerprint density at radius 2 is 1.71 bits per heavy atom. The lowest BCUT2D eigenvalue weighted by Crippen LogP contribution is -2.45. The molecule has 8 nitrogen and oxygen atoms in total. The first kappa shape index (κ1) is 25.6. The summed E-state index contributed by atoms with van der Waals surface area (Å²) < 4.78 is 18.6. The van der Waals surface area contributed by atoms with Gasteiger partial charge in [-0.3, -0.25) is 9.59 Å². The van der Waals surface area contributed by atoms with Gasteiger partial charge in [-0.25, -0.2) is 4.39 Å². The van der Waals surface area contributed by atoms with E-state index in [1.54, 1.807) is 12.0 Å². The number of aromatic nitrogens is 2. The number of ether oxygens (including phenoxy) is 1. The van der Waals surface area contributed by atoms with Gasteiger partial charge in [-0.15, -0.1) is 10.2 Å². The van der Waals surface area contributed by atoms with E-state index in [9.17, 15) is 14.0 Å². The van der Waals surface area contributed by atoms with E-state index in [-0.39, 0.29) is 24.2 Å². The predicted octanol–water partition coefficient (Wildman–Crippen LogP) is 3.88. The molecule has 2 heterocycles. The Morgan fingerprint density at radius 1 is 0.947 bits per heavy atom. The first-order valence-corrected chi connectivity index (χ1v) is 13.1. The fourth-order valence-electron chi connectivity index (χ4n) is 4.68. The maximum absolute atomic E-state index is 13.3. The number of carbonyl (C=O) groups is 2. The number of benzene rings is 2. The van der Waals surface area contributed by atoms with Crippen LogP contribution in [0.1, 0.15) is 29.6 Å². The highest BCUT2D eigenvalue weighted by Crippen LogP contribution is 2.30. The summed E-state index contributed by atoms with van der Waals surface area (Å²) in [6.45, 7) is 3.15. The standard InChI is InChI=1S/C29H32FN5O3/c1-38-25-11-7-22(8-12-25)26-13-14-27(32-31-26)33-15-2-16-34(18-17-33)28(36)20-35(19-21-3-4-21)29(37)23-5-9-24(30)10-6-23/h5-14,21H,2-4,15-20H2,1H3. The third kappa shape index (κ3) is 6.27. The first-order valence-electron chi connectivity index (χ1n) is 13.1. The van der Waals surface area contributed by atoms with E-state index in [0.29, 0.717) is 37.7 Å². The molecule has 5 rings (SSSR count). The van der Waals surface area contributed by atoms with Crippen molar-refractivity contribution in [2.75, 3.05) is 51.3 Å². The number of rotatable bonds is 8. The van der Waals surface area contributed by atoms with E-state index in [4.69, 9.17) is 4.74 Å². The maximum atomic E-state index is 13.3. The van der Waals surface area contributed by atoms with Gasteiger partial charge < -0.3 is 19.4 Å². The topological polar surface area (TPSA) is 78.9 Å². The van der Waals surface area contributed by atoms with Crippen molar-refractivity contribution in [1.29, 1.82) is 0 Å². The fourth-order valence-corrected chi connectivity index (χ4v) is 4.68. The van der Waals surface area contributed by atoms with Crippen LogP contribution in [0.15, 0.2) is 60.7 Å². The Labute approximate surface area is 222 Å². The van der Waals surface area contributed by atoms with Crippen molar-refractivity contribution in [3.05, 3.63) is 72.0 Å². The number of hydrogen-bond donors (Lipinski definition) is 0. The number of hydrogen-bond acceptors (Lipinski definition) is 6. The molecule has 1 aliphatic heterocycles. The van der Waals surface area contributed by atoms with E-state index >= 15 is 0 Å². The van der Waals surface area contributed by atoms with E-state index in [0.717, 1.165) is 48.6 Å². The summed E-state index contributed by atoms with van der Waals surface area (Å²) in [5.74, 6) is 1.32. The third-order valence-electron chi connectivity index (χ3n) is 7.09. The first-order chi connectivity index (χ1) is 18.5. The third-order valence-corrected chi connectivity index (χ3v) is 7.09. The van der Waals surface area contributed by atoms with Crippen molar-refractivity contribution in [3.63, 3.8) is 0 Å². The van der Waals surface area contributed by atoms with E-state index in [1.165, 1.54) is 24.3 Å². The minimum absolute atomic E-state index is 0.0308. The second kappa shape index (κ2) is 11.6. The van der Waals surface area contributed by atoms with Gasteiger partial charge in [0.1, 0.15) is 18.1 Å². The van der Waals surface area contributed by atoms with Crippen LogP contribution in [0.2, 0.25) is 0 Å². The fraction of sp³-hybridized carbons (Fsp3) is 0.379. The Balaban J connectivity index is 1.19. The number of amides is 2. The monoisotopic (exact) mass is 517 g/mol. The van der Waals surface area contributed by atoms with Gasteiger partial charge in [0.05, 0.1) is 12.8 Å². The molecule has 38 heavy (non-hydrogen) atoms. The SMILES string of the molecule is COc1ccc(-c2ccc(N3CCCN(C(=O)CN(CC4CC4)C(=O)c4ccc(F)cc4)CC3)nn2)cc1. The summed E-state index contributed by atoms with van der Waals surface area (Å²) in [5.41, 5.74) is 2.14. The smallest absolute Gasteiger partial charge is 0.254 e. The summed E-state index contributed by atoms with van der Waals surface area (Å²) in [6.07, 6.45) is 2.93. The number of halogens is 1. The highest BCUT2D eigenvalue weighted by atomic mass is 19.1. The van der Waals surface area contributed by atoms with Crippen LogP contribution in [0.5, 0.6) is 5.75 Å². The second-order valence-corrected chi connectivity index (χ2v) is 9.86. The van der Waals surface area contributed by atoms with Crippen LogP contribution in [-0.2, 0) is 4.79 Å². The Bertz CT molecular complexity index is 1250. The molecule has 1 saturated heterocycles. The molecule has 2 fully saturated rings. The molecule has 2 aromatic carbocycles. The molecule has 3 aromatic rings. The number of nitrogens with zero attached hydrogens (tertiary/aromatic N) is 5. The molecule has 0 N–H and O–H groups in total. The minimum atomic E-state index is -0.388. The van der Waals surface area contributed by atoms with E-state index in [2.05, 4.69) is 15.1 Å². The lowest BCUT2D eigenvalue weighted by Gasteiger charge is -2.27. The molecule has 2 aliphatic rings. The molecule has 9 heteroatoms. The Morgan fingerprint density at radius 3 is 2.37 bits per heavy atom. The average molecular weight is 518 g/mol. The van der Waals surface area contributed by atoms with Crippen molar-refractivity contribution in [2.24, 2.45) is 5.92 Å². The summed E-state index contributed by atoms with van der Waals surface area (Å²) >= 11 is 0. The van der Waals surface area contributed by atoms with Crippen LogP contribution in [0.25, 0.3) is 11.3 Å². The van der Waals surface area contributed by atoms with Crippen LogP contribution in [0.4, 0.5) is 10.2 Å². The zero-order valence-electron chi connectivity index (χ0n) is 21.6. The van der Waals surface area contributed by atoms with E-state index < -0.39 is 0 Å². The lowest BCUT2D eigenvalue weighted by molar-refractivity contribution is -0.131.